The Kier molecular flexibility index (Phi) is 6.73. The lowest BCUT2D eigenvalue weighted by Gasteiger charge is -2.32. The fourth-order valence-electron chi connectivity index (χ4n) is 4.45. The van der Waals surface area contributed by atoms with Crippen LogP contribution in [0.15, 0.2) is 53.3 Å². The molecule has 1 saturated carbocycles. The number of para-hydroxylation sites is 1. The van der Waals surface area contributed by atoms with Crippen molar-refractivity contribution in [2.24, 2.45) is 5.92 Å². The summed E-state index contributed by atoms with van der Waals surface area (Å²) in [6.07, 6.45) is 5.80. The zero-order chi connectivity index (χ0) is 22.7. The van der Waals surface area contributed by atoms with Crippen LogP contribution in [0.25, 0.3) is 16.6 Å². The predicted octanol–water partition coefficient (Wildman–Crippen LogP) is 5.57. The number of carbonyl (C=O) groups is 1. The van der Waals surface area contributed by atoms with Crippen LogP contribution in [0.5, 0.6) is 0 Å². The van der Waals surface area contributed by atoms with Gasteiger partial charge in [0.15, 0.2) is 0 Å². The van der Waals surface area contributed by atoms with Crippen LogP contribution in [0.3, 0.4) is 0 Å². The van der Waals surface area contributed by atoms with E-state index in [1.165, 1.54) is 0 Å². The molecule has 3 aromatic rings. The van der Waals surface area contributed by atoms with Gasteiger partial charge >= 0.3 is 0 Å². The SMILES string of the molecule is CCCCCN(C(=O)C1CC1)C(CC)c1nc2ccccc2c(=O)n1-c1cccc(C)c1. The van der Waals surface area contributed by atoms with E-state index in [0.29, 0.717) is 29.7 Å². The van der Waals surface area contributed by atoms with Crippen LogP contribution >= 0.6 is 0 Å². The minimum absolute atomic E-state index is 0.0815. The molecule has 1 fully saturated rings. The van der Waals surface area contributed by atoms with Crippen LogP contribution in [-0.4, -0.2) is 26.9 Å². The normalized spacial score (nSPS) is 14.5. The van der Waals surface area contributed by atoms with Crippen molar-refractivity contribution < 1.29 is 4.79 Å². The van der Waals surface area contributed by atoms with Crippen molar-refractivity contribution in [3.63, 3.8) is 0 Å². The lowest BCUT2D eigenvalue weighted by molar-refractivity contribution is -0.135. The highest BCUT2D eigenvalue weighted by Gasteiger charge is 2.37. The summed E-state index contributed by atoms with van der Waals surface area (Å²) in [7, 11) is 0. The van der Waals surface area contributed by atoms with Crippen LogP contribution in [-0.2, 0) is 4.79 Å². The largest absolute Gasteiger partial charge is 0.332 e. The molecule has 4 rings (SSSR count). The van der Waals surface area contributed by atoms with Crippen molar-refractivity contribution in [1.82, 2.24) is 14.5 Å². The van der Waals surface area contributed by atoms with E-state index in [-0.39, 0.29) is 23.4 Å². The molecule has 168 valence electrons. The van der Waals surface area contributed by atoms with Gasteiger partial charge in [0.25, 0.3) is 5.56 Å². The lowest BCUT2D eigenvalue weighted by atomic mass is 10.1. The number of fused-ring (bicyclic) bond motifs is 1. The summed E-state index contributed by atoms with van der Waals surface area (Å²) in [5.74, 6) is 1.00. The van der Waals surface area contributed by atoms with Gasteiger partial charge in [-0.2, -0.15) is 0 Å². The van der Waals surface area contributed by atoms with Crippen molar-refractivity contribution in [2.45, 2.75) is 65.3 Å². The number of rotatable bonds is 9. The minimum atomic E-state index is -0.238. The second kappa shape index (κ2) is 9.68. The van der Waals surface area contributed by atoms with Gasteiger partial charge in [-0.15, -0.1) is 0 Å². The third kappa shape index (κ3) is 4.47. The fraction of sp³-hybridized carbons (Fsp3) is 0.444. The number of hydrogen-bond donors (Lipinski definition) is 0. The average Bonchev–Trinajstić information content (AvgIpc) is 3.64. The minimum Gasteiger partial charge on any atom is -0.332 e. The molecule has 1 aliphatic carbocycles. The first-order valence-corrected chi connectivity index (χ1v) is 11.9. The van der Waals surface area contributed by atoms with E-state index in [1.54, 1.807) is 4.57 Å². The Labute approximate surface area is 190 Å². The van der Waals surface area contributed by atoms with E-state index in [0.717, 1.165) is 43.4 Å². The second-order valence-electron chi connectivity index (χ2n) is 8.90. The first kappa shape index (κ1) is 22.3. The molecule has 32 heavy (non-hydrogen) atoms. The first-order chi connectivity index (χ1) is 15.5. The lowest BCUT2D eigenvalue weighted by Crippen LogP contribution is -2.40. The Morgan fingerprint density at radius 3 is 2.59 bits per heavy atom. The molecule has 5 heteroatoms. The van der Waals surface area contributed by atoms with Crippen LogP contribution in [0.4, 0.5) is 0 Å². The summed E-state index contributed by atoms with van der Waals surface area (Å²) < 4.78 is 1.73. The van der Waals surface area contributed by atoms with E-state index in [2.05, 4.69) is 13.8 Å². The maximum atomic E-state index is 13.7. The molecule has 0 bridgehead atoms. The molecule has 5 nitrogen and oxygen atoms in total. The number of aromatic nitrogens is 2. The van der Waals surface area contributed by atoms with Gasteiger partial charge in [-0.1, -0.05) is 51.0 Å². The maximum Gasteiger partial charge on any atom is 0.266 e. The molecule has 1 aliphatic rings. The van der Waals surface area contributed by atoms with Crippen molar-refractivity contribution in [1.29, 1.82) is 0 Å². The van der Waals surface area contributed by atoms with Crippen LogP contribution in [0.2, 0.25) is 0 Å². The summed E-state index contributed by atoms with van der Waals surface area (Å²) in [5, 5.41) is 0.596. The van der Waals surface area contributed by atoms with Crippen LogP contribution in [0.1, 0.15) is 69.8 Å². The molecule has 1 amide bonds. The van der Waals surface area contributed by atoms with Crippen molar-refractivity contribution in [3.8, 4) is 5.69 Å². The molecule has 0 saturated heterocycles. The number of amides is 1. The Hall–Kier alpha value is -2.95. The smallest absolute Gasteiger partial charge is 0.266 e. The average molecular weight is 432 g/mol. The summed E-state index contributed by atoms with van der Waals surface area (Å²) in [5.41, 5.74) is 2.48. The number of unbranched alkanes of at least 4 members (excludes halogenated alkanes) is 2. The standard InChI is InChI=1S/C27H33N3O2/c1-4-6-9-17-29(26(31)20-15-16-20)24(5-2)25-28-23-14-8-7-13-22(23)27(32)30(25)21-12-10-11-19(3)18-21/h7-8,10-14,18,20,24H,4-6,9,15-17H2,1-3H3. The Balaban J connectivity index is 1.90. The molecule has 1 unspecified atom stereocenters. The van der Waals surface area contributed by atoms with Crippen molar-refractivity contribution in [2.75, 3.05) is 6.54 Å². The van der Waals surface area contributed by atoms with Crippen LogP contribution in [0, 0.1) is 12.8 Å². The maximum absolute atomic E-state index is 13.7. The van der Waals surface area contributed by atoms with Gasteiger partial charge in [-0.25, -0.2) is 4.98 Å². The van der Waals surface area contributed by atoms with E-state index in [4.69, 9.17) is 4.98 Å². The third-order valence-electron chi connectivity index (χ3n) is 6.33. The second-order valence-corrected chi connectivity index (χ2v) is 8.90. The highest BCUT2D eigenvalue weighted by molar-refractivity contribution is 5.82. The van der Waals surface area contributed by atoms with Gasteiger partial charge in [0.1, 0.15) is 5.82 Å². The van der Waals surface area contributed by atoms with Gasteiger partial charge in [-0.05, 0) is 62.4 Å². The Morgan fingerprint density at radius 1 is 1.12 bits per heavy atom. The van der Waals surface area contributed by atoms with E-state index < -0.39 is 0 Å². The van der Waals surface area contributed by atoms with Crippen molar-refractivity contribution >= 4 is 16.8 Å². The summed E-state index contributed by atoms with van der Waals surface area (Å²) in [6, 6.07) is 15.2. The molecule has 0 aliphatic heterocycles. The molecule has 0 N–H and O–H groups in total. The summed E-state index contributed by atoms with van der Waals surface area (Å²) in [6.45, 7) is 6.98. The highest BCUT2D eigenvalue weighted by Crippen LogP contribution is 2.35. The van der Waals surface area contributed by atoms with Gasteiger partial charge < -0.3 is 4.90 Å². The number of carbonyl (C=O) groups excluding carboxylic acids is 1. The first-order valence-electron chi connectivity index (χ1n) is 11.9. The van der Waals surface area contributed by atoms with E-state index >= 15 is 0 Å². The van der Waals surface area contributed by atoms with Gasteiger partial charge in [0, 0.05) is 12.5 Å². The molecular weight excluding hydrogens is 398 g/mol. The fourth-order valence-corrected chi connectivity index (χ4v) is 4.45. The van der Waals surface area contributed by atoms with E-state index in [1.807, 2.05) is 60.4 Å². The number of hydrogen-bond acceptors (Lipinski definition) is 3. The van der Waals surface area contributed by atoms with Crippen molar-refractivity contribution in [3.05, 3.63) is 70.3 Å². The molecule has 0 radical (unpaired) electrons. The highest BCUT2D eigenvalue weighted by atomic mass is 16.2. The zero-order valence-electron chi connectivity index (χ0n) is 19.4. The summed E-state index contributed by atoms with van der Waals surface area (Å²) >= 11 is 0. The van der Waals surface area contributed by atoms with Crippen LogP contribution < -0.4 is 5.56 Å². The molecule has 1 heterocycles. The van der Waals surface area contributed by atoms with Gasteiger partial charge in [0.05, 0.1) is 22.6 Å². The summed E-state index contributed by atoms with van der Waals surface area (Å²) in [4.78, 5) is 34.0. The Morgan fingerprint density at radius 2 is 1.91 bits per heavy atom. The molecule has 1 aromatic heterocycles. The quantitative estimate of drug-likeness (QED) is 0.416. The third-order valence-corrected chi connectivity index (χ3v) is 6.33. The van der Waals surface area contributed by atoms with E-state index in [9.17, 15) is 9.59 Å². The van der Waals surface area contributed by atoms with Gasteiger partial charge in [0.2, 0.25) is 5.91 Å². The topological polar surface area (TPSA) is 55.2 Å². The number of benzene rings is 2. The molecule has 2 aromatic carbocycles. The number of aryl methyl sites for hydroxylation is 1. The Bertz CT molecular complexity index is 1160. The number of nitrogens with zero attached hydrogens (tertiary/aromatic N) is 3. The predicted molar refractivity (Wildman–Crippen MR) is 129 cm³/mol. The molecular formula is C27H33N3O2. The molecule has 1 atom stereocenters. The van der Waals surface area contributed by atoms with Gasteiger partial charge in [-0.3, -0.25) is 14.2 Å². The monoisotopic (exact) mass is 431 g/mol. The zero-order valence-corrected chi connectivity index (χ0v) is 19.4. The molecule has 0 spiro atoms.